The van der Waals surface area contributed by atoms with Gasteiger partial charge in [-0.1, -0.05) is 18.9 Å². The molecule has 0 saturated heterocycles. The van der Waals surface area contributed by atoms with Gasteiger partial charge in [0.25, 0.3) is 0 Å². The van der Waals surface area contributed by atoms with Crippen molar-refractivity contribution >= 4 is 5.90 Å². The molecule has 2 rings (SSSR count). The fourth-order valence-electron chi connectivity index (χ4n) is 2.17. The summed E-state index contributed by atoms with van der Waals surface area (Å²) in [6, 6.07) is 0. The number of hydrogen-bond donors (Lipinski definition) is 0. The lowest BCUT2D eigenvalue weighted by atomic mass is 9.98. The first-order valence-corrected chi connectivity index (χ1v) is 4.70. The molecule has 0 atom stereocenters. The normalized spacial score (nSPS) is 24.1. The molecule has 0 aromatic rings. The fourth-order valence-corrected chi connectivity index (χ4v) is 2.17. The van der Waals surface area contributed by atoms with E-state index in [9.17, 15) is 0 Å². The summed E-state index contributed by atoms with van der Waals surface area (Å²) in [6.07, 6.45) is 7.62. The Morgan fingerprint density at radius 2 is 2.17 bits per heavy atom. The summed E-state index contributed by atoms with van der Waals surface area (Å²) in [5.41, 5.74) is 1.37. The van der Waals surface area contributed by atoms with Gasteiger partial charge in [0.2, 0.25) is 5.90 Å². The molecule has 1 aliphatic heterocycles. The van der Waals surface area contributed by atoms with Gasteiger partial charge in [-0.25, -0.2) is 4.99 Å². The van der Waals surface area contributed by atoms with Gasteiger partial charge in [0.15, 0.2) is 0 Å². The highest BCUT2D eigenvalue weighted by atomic mass is 16.5. The zero-order chi connectivity index (χ0) is 8.39. The van der Waals surface area contributed by atoms with E-state index in [1.165, 1.54) is 31.3 Å². The smallest absolute Gasteiger partial charge is 0.211 e. The van der Waals surface area contributed by atoms with Crippen molar-refractivity contribution in [1.82, 2.24) is 0 Å². The maximum Gasteiger partial charge on any atom is 0.211 e. The highest BCUT2D eigenvalue weighted by molar-refractivity contribution is 5.95. The molecule has 0 unspecified atom stereocenters. The standard InChI is InChI=1S/C10H15NO/c1-12-10-9(6-7-11-10)8-4-2-3-5-8/h6,8H,2-5,7H2,1H3. The van der Waals surface area contributed by atoms with Crippen LogP contribution in [0.25, 0.3) is 0 Å². The minimum Gasteiger partial charge on any atom is -0.481 e. The molecule has 0 bridgehead atoms. The number of ether oxygens (including phenoxy) is 1. The Bertz CT molecular complexity index is 224. The molecular formula is C10H15NO. The second kappa shape index (κ2) is 3.30. The van der Waals surface area contributed by atoms with E-state index in [0.717, 1.165) is 18.4 Å². The molecule has 0 amide bonds. The van der Waals surface area contributed by atoms with Crippen LogP contribution in [0.2, 0.25) is 0 Å². The van der Waals surface area contributed by atoms with Crippen LogP contribution in [0, 0.1) is 5.92 Å². The summed E-state index contributed by atoms with van der Waals surface area (Å²) in [5, 5.41) is 0. The Balaban J connectivity index is 2.07. The minimum atomic E-state index is 0.742. The molecule has 1 aliphatic carbocycles. The van der Waals surface area contributed by atoms with Gasteiger partial charge in [-0.2, -0.15) is 0 Å². The zero-order valence-electron chi connectivity index (χ0n) is 7.55. The van der Waals surface area contributed by atoms with E-state index in [0.29, 0.717) is 0 Å². The predicted molar refractivity (Wildman–Crippen MR) is 49.4 cm³/mol. The van der Waals surface area contributed by atoms with Crippen LogP contribution >= 0.6 is 0 Å². The second-order valence-electron chi connectivity index (χ2n) is 3.49. The van der Waals surface area contributed by atoms with Crippen LogP contribution in [0.1, 0.15) is 25.7 Å². The van der Waals surface area contributed by atoms with Gasteiger partial charge in [-0.15, -0.1) is 0 Å². The third kappa shape index (κ3) is 1.26. The number of hydrogen-bond acceptors (Lipinski definition) is 2. The van der Waals surface area contributed by atoms with Crippen molar-refractivity contribution < 1.29 is 4.74 Å². The first kappa shape index (κ1) is 7.84. The molecule has 2 heteroatoms. The monoisotopic (exact) mass is 165 g/mol. The second-order valence-corrected chi connectivity index (χ2v) is 3.49. The maximum absolute atomic E-state index is 5.22. The summed E-state index contributed by atoms with van der Waals surface area (Å²) in [7, 11) is 1.72. The Kier molecular flexibility index (Phi) is 2.15. The average Bonchev–Trinajstić information content (AvgIpc) is 2.74. The van der Waals surface area contributed by atoms with E-state index < -0.39 is 0 Å². The number of aliphatic imine (C=N–C) groups is 1. The Labute approximate surface area is 73.3 Å². The molecule has 2 nitrogen and oxygen atoms in total. The first-order chi connectivity index (χ1) is 5.92. The van der Waals surface area contributed by atoms with Gasteiger partial charge in [0.05, 0.1) is 13.7 Å². The topological polar surface area (TPSA) is 21.6 Å². The van der Waals surface area contributed by atoms with Crippen molar-refractivity contribution in [3.8, 4) is 0 Å². The first-order valence-electron chi connectivity index (χ1n) is 4.70. The summed E-state index contributed by atoms with van der Waals surface area (Å²) in [5.74, 6) is 1.63. The SMILES string of the molecule is COC1=NCC=C1C1CCCC1. The van der Waals surface area contributed by atoms with Crippen molar-refractivity contribution in [2.45, 2.75) is 25.7 Å². The molecule has 0 N–H and O–H groups in total. The predicted octanol–water partition coefficient (Wildman–Crippen LogP) is 2.16. The minimum absolute atomic E-state index is 0.742. The van der Waals surface area contributed by atoms with E-state index in [1.54, 1.807) is 7.11 Å². The molecule has 0 radical (unpaired) electrons. The maximum atomic E-state index is 5.22. The summed E-state index contributed by atoms with van der Waals surface area (Å²) in [4.78, 5) is 4.28. The molecule has 66 valence electrons. The van der Waals surface area contributed by atoms with Crippen LogP contribution in [0.4, 0.5) is 0 Å². The summed E-state index contributed by atoms with van der Waals surface area (Å²) >= 11 is 0. The van der Waals surface area contributed by atoms with Crippen LogP contribution in [-0.2, 0) is 4.74 Å². The highest BCUT2D eigenvalue weighted by Crippen LogP contribution is 2.33. The van der Waals surface area contributed by atoms with E-state index >= 15 is 0 Å². The molecule has 1 heterocycles. The van der Waals surface area contributed by atoms with Gasteiger partial charge >= 0.3 is 0 Å². The zero-order valence-corrected chi connectivity index (χ0v) is 7.55. The van der Waals surface area contributed by atoms with Crippen LogP contribution < -0.4 is 0 Å². The lowest BCUT2D eigenvalue weighted by Crippen LogP contribution is -2.09. The van der Waals surface area contributed by atoms with Crippen molar-refractivity contribution in [3.63, 3.8) is 0 Å². The van der Waals surface area contributed by atoms with Crippen molar-refractivity contribution in [3.05, 3.63) is 11.6 Å². The van der Waals surface area contributed by atoms with Crippen molar-refractivity contribution in [1.29, 1.82) is 0 Å². The quantitative estimate of drug-likeness (QED) is 0.583. The van der Waals surface area contributed by atoms with Gasteiger partial charge in [-0.05, 0) is 18.8 Å². The van der Waals surface area contributed by atoms with Crippen molar-refractivity contribution in [2.24, 2.45) is 10.9 Å². The molecular weight excluding hydrogens is 150 g/mol. The van der Waals surface area contributed by atoms with Crippen molar-refractivity contribution in [2.75, 3.05) is 13.7 Å². The molecule has 1 saturated carbocycles. The average molecular weight is 165 g/mol. The molecule has 0 aromatic heterocycles. The largest absolute Gasteiger partial charge is 0.481 e. The van der Waals surface area contributed by atoms with Gasteiger partial charge in [-0.3, -0.25) is 0 Å². The fraction of sp³-hybridized carbons (Fsp3) is 0.700. The van der Waals surface area contributed by atoms with E-state index in [-0.39, 0.29) is 0 Å². The Hall–Kier alpha value is -0.790. The summed E-state index contributed by atoms with van der Waals surface area (Å²) < 4.78 is 5.22. The van der Waals surface area contributed by atoms with Crippen LogP contribution in [0.15, 0.2) is 16.6 Å². The van der Waals surface area contributed by atoms with Gasteiger partial charge in [0.1, 0.15) is 0 Å². The summed E-state index contributed by atoms with van der Waals surface area (Å²) in [6.45, 7) is 0.828. The van der Waals surface area contributed by atoms with Crippen LogP contribution in [-0.4, -0.2) is 19.6 Å². The molecule has 0 spiro atoms. The van der Waals surface area contributed by atoms with Gasteiger partial charge in [0, 0.05) is 5.57 Å². The van der Waals surface area contributed by atoms with E-state index in [2.05, 4.69) is 11.1 Å². The van der Waals surface area contributed by atoms with E-state index in [4.69, 9.17) is 4.74 Å². The lowest BCUT2D eigenvalue weighted by molar-refractivity contribution is 0.397. The van der Waals surface area contributed by atoms with Crippen LogP contribution in [0.3, 0.4) is 0 Å². The number of nitrogens with zero attached hydrogens (tertiary/aromatic N) is 1. The third-order valence-electron chi connectivity index (χ3n) is 2.78. The highest BCUT2D eigenvalue weighted by Gasteiger charge is 2.25. The molecule has 2 aliphatic rings. The number of methoxy groups -OCH3 is 1. The number of rotatable bonds is 1. The van der Waals surface area contributed by atoms with E-state index in [1.807, 2.05) is 0 Å². The Morgan fingerprint density at radius 1 is 1.42 bits per heavy atom. The molecule has 0 aromatic carbocycles. The lowest BCUT2D eigenvalue weighted by Gasteiger charge is -2.11. The molecule has 1 fully saturated rings. The molecule has 12 heavy (non-hydrogen) atoms. The third-order valence-corrected chi connectivity index (χ3v) is 2.78. The van der Waals surface area contributed by atoms with Gasteiger partial charge < -0.3 is 4.74 Å². The Morgan fingerprint density at radius 3 is 2.83 bits per heavy atom. The van der Waals surface area contributed by atoms with Crippen LogP contribution in [0.5, 0.6) is 0 Å².